The molecule has 160 valence electrons. The Morgan fingerprint density at radius 2 is 1.80 bits per heavy atom. The van der Waals surface area contributed by atoms with E-state index in [9.17, 15) is 9.59 Å². The Bertz CT molecular complexity index is 929. The molecule has 3 aliphatic rings. The third kappa shape index (κ3) is 3.24. The zero-order valence-electron chi connectivity index (χ0n) is 17.6. The summed E-state index contributed by atoms with van der Waals surface area (Å²) in [7, 11) is 3.38. The van der Waals surface area contributed by atoms with Gasteiger partial charge in [-0.2, -0.15) is 0 Å². The highest BCUT2D eigenvalue weighted by Gasteiger charge is 2.55. The summed E-state index contributed by atoms with van der Waals surface area (Å²) in [6, 6.07) is 6.27. The van der Waals surface area contributed by atoms with Crippen molar-refractivity contribution in [3.63, 3.8) is 0 Å². The second kappa shape index (κ2) is 7.92. The molecule has 1 aromatic rings. The van der Waals surface area contributed by atoms with Crippen LogP contribution in [0.1, 0.15) is 25.8 Å². The number of amides is 3. The van der Waals surface area contributed by atoms with E-state index in [1.807, 2.05) is 30.9 Å². The number of allylic oxidation sites excluding steroid dienone is 2. The minimum absolute atomic E-state index is 0.199. The number of carbonyl (C=O) groups excluding carboxylic acids is 2. The SMILES string of the molecule is COCCCN1C2=NC3C(C(=O)N(Cc4ccc(Cl)cc4)C(=O)N3C)N2C(C)=C1C. The van der Waals surface area contributed by atoms with Crippen molar-refractivity contribution in [2.24, 2.45) is 4.99 Å². The van der Waals surface area contributed by atoms with E-state index in [-0.39, 0.29) is 18.5 Å². The number of hydrogen-bond acceptors (Lipinski definition) is 6. The number of carbonyl (C=O) groups is 2. The first-order valence-corrected chi connectivity index (χ1v) is 10.4. The van der Waals surface area contributed by atoms with Crippen LogP contribution < -0.4 is 0 Å². The van der Waals surface area contributed by atoms with Gasteiger partial charge in [0.25, 0.3) is 5.91 Å². The molecule has 1 fully saturated rings. The fourth-order valence-electron chi connectivity index (χ4n) is 4.23. The number of nitrogens with zero attached hydrogens (tertiary/aromatic N) is 5. The molecule has 9 heteroatoms. The van der Waals surface area contributed by atoms with Gasteiger partial charge in [0.1, 0.15) is 0 Å². The minimum atomic E-state index is -0.558. The lowest BCUT2D eigenvalue weighted by atomic mass is 10.1. The maximum absolute atomic E-state index is 13.5. The van der Waals surface area contributed by atoms with Gasteiger partial charge in [0.2, 0.25) is 5.96 Å². The van der Waals surface area contributed by atoms with Crippen molar-refractivity contribution in [3.05, 3.63) is 46.2 Å². The van der Waals surface area contributed by atoms with Crippen molar-refractivity contribution < 1.29 is 14.3 Å². The Hall–Kier alpha value is -2.58. The predicted molar refractivity (Wildman–Crippen MR) is 114 cm³/mol. The number of imide groups is 1. The van der Waals surface area contributed by atoms with Gasteiger partial charge in [0.05, 0.1) is 6.54 Å². The summed E-state index contributed by atoms with van der Waals surface area (Å²) in [4.78, 5) is 38.2. The average Bonchev–Trinajstić information content (AvgIpc) is 3.22. The van der Waals surface area contributed by atoms with Crippen LogP contribution in [0.2, 0.25) is 5.02 Å². The monoisotopic (exact) mass is 431 g/mol. The van der Waals surface area contributed by atoms with Gasteiger partial charge in [-0.25, -0.2) is 9.79 Å². The topological polar surface area (TPSA) is 68.7 Å². The van der Waals surface area contributed by atoms with Gasteiger partial charge in [-0.1, -0.05) is 23.7 Å². The number of methoxy groups -OCH3 is 1. The molecular weight excluding hydrogens is 406 g/mol. The lowest BCUT2D eigenvalue weighted by Gasteiger charge is -2.40. The van der Waals surface area contributed by atoms with Gasteiger partial charge < -0.3 is 14.5 Å². The van der Waals surface area contributed by atoms with E-state index >= 15 is 0 Å². The Balaban J connectivity index is 1.61. The molecular formula is C21H26ClN5O3. The zero-order chi connectivity index (χ0) is 21.6. The third-order valence-electron chi connectivity index (χ3n) is 5.99. The van der Waals surface area contributed by atoms with Gasteiger partial charge in [0, 0.05) is 43.7 Å². The van der Waals surface area contributed by atoms with Crippen LogP contribution in [0.15, 0.2) is 40.7 Å². The Kier molecular flexibility index (Phi) is 5.46. The van der Waals surface area contributed by atoms with E-state index in [0.29, 0.717) is 11.6 Å². The van der Waals surface area contributed by atoms with E-state index in [1.165, 1.54) is 4.90 Å². The molecule has 8 nitrogen and oxygen atoms in total. The molecule has 1 saturated heterocycles. The van der Waals surface area contributed by atoms with Gasteiger partial charge >= 0.3 is 6.03 Å². The summed E-state index contributed by atoms with van der Waals surface area (Å²) in [6.07, 6.45) is 0.309. The highest BCUT2D eigenvalue weighted by molar-refractivity contribution is 6.30. The summed E-state index contributed by atoms with van der Waals surface area (Å²) < 4.78 is 5.18. The standard InChI is InChI=1S/C21H26ClN5O3/c1-13-14(2)27-17-18(23-20(27)25(13)10-5-11-30-4)24(3)21(29)26(19(17)28)12-15-6-8-16(22)9-7-15/h6-9,17-18H,5,10-12H2,1-4H3. The quantitative estimate of drug-likeness (QED) is 0.648. The van der Waals surface area contributed by atoms with Crippen LogP contribution in [0, 0.1) is 0 Å². The van der Waals surface area contributed by atoms with Gasteiger partial charge in [-0.05, 0) is 38.0 Å². The lowest BCUT2D eigenvalue weighted by Crippen LogP contribution is -2.64. The number of aliphatic imine (C=N–C) groups is 1. The van der Waals surface area contributed by atoms with Gasteiger partial charge in [-0.3, -0.25) is 14.6 Å². The van der Waals surface area contributed by atoms with Crippen molar-refractivity contribution in [3.8, 4) is 0 Å². The maximum atomic E-state index is 13.5. The first kappa shape index (κ1) is 20.7. The van der Waals surface area contributed by atoms with E-state index in [2.05, 4.69) is 4.90 Å². The number of rotatable bonds is 6. The maximum Gasteiger partial charge on any atom is 0.328 e. The van der Waals surface area contributed by atoms with Crippen molar-refractivity contribution >= 4 is 29.5 Å². The number of fused-ring (bicyclic) bond motifs is 3. The smallest absolute Gasteiger partial charge is 0.328 e. The number of ether oxygens (including phenoxy) is 1. The summed E-state index contributed by atoms with van der Waals surface area (Å²) in [5.41, 5.74) is 2.90. The van der Waals surface area contributed by atoms with E-state index in [1.54, 1.807) is 31.2 Å². The van der Waals surface area contributed by atoms with Crippen molar-refractivity contribution in [2.75, 3.05) is 27.3 Å². The van der Waals surface area contributed by atoms with E-state index in [0.717, 1.165) is 35.9 Å². The average molecular weight is 432 g/mol. The van der Waals surface area contributed by atoms with Crippen LogP contribution in [0.25, 0.3) is 0 Å². The fraction of sp³-hybridized carbons (Fsp3) is 0.476. The Morgan fingerprint density at radius 1 is 1.10 bits per heavy atom. The third-order valence-corrected chi connectivity index (χ3v) is 6.24. The van der Waals surface area contributed by atoms with E-state index < -0.39 is 12.2 Å². The molecule has 3 amide bonds. The molecule has 0 bridgehead atoms. The van der Waals surface area contributed by atoms with Crippen molar-refractivity contribution in [1.82, 2.24) is 19.6 Å². The predicted octanol–water partition coefficient (Wildman–Crippen LogP) is 2.70. The number of guanidine groups is 1. The highest BCUT2D eigenvalue weighted by Crippen LogP contribution is 2.38. The Morgan fingerprint density at radius 3 is 2.47 bits per heavy atom. The minimum Gasteiger partial charge on any atom is -0.385 e. The number of benzene rings is 1. The number of hydrogen-bond donors (Lipinski definition) is 0. The summed E-state index contributed by atoms with van der Waals surface area (Å²) in [5, 5.41) is 0.614. The Labute approximate surface area is 181 Å². The van der Waals surface area contributed by atoms with Gasteiger partial charge in [0.15, 0.2) is 12.2 Å². The van der Waals surface area contributed by atoms with Crippen molar-refractivity contribution in [2.45, 2.75) is 39.0 Å². The van der Waals surface area contributed by atoms with Crippen LogP contribution in [0.3, 0.4) is 0 Å². The largest absolute Gasteiger partial charge is 0.385 e. The number of urea groups is 1. The van der Waals surface area contributed by atoms with Crippen molar-refractivity contribution in [1.29, 1.82) is 0 Å². The van der Waals surface area contributed by atoms with E-state index in [4.69, 9.17) is 21.3 Å². The molecule has 2 atom stereocenters. The lowest BCUT2D eigenvalue weighted by molar-refractivity contribution is -0.137. The summed E-state index contributed by atoms with van der Waals surface area (Å²) in [5.74, 6) is 0.500. The molecule has 0 aliphatic carbocycles. The first-order chi connectivity index (χ1) is 14.3. The van der Waals surface area contributed by atoms with Crippen LogP contribution in [0.4, 0.5) is 4.79 Å². The molecule has 0 saturated carbocycles. The van der Waals surface area contributed by atoms with Crippen LogP contribution in [0.5, 0.6) is 0 Å². The molecule has 0 radical (unpaired) electrons. The molecule has 2 unspecified atom stereocenters. The molecule has 0 aromatic heterocycles. The molecule has 4 rings (SSSR count). The summed E-state index contributed by atoms with van der Waals surface area (Å²) >= 11 is 5.96. The van der Waals surface area contributed by atoms with Gasteiger partial charge in [-0.15, -0.1) is 0 Å². The van der Waals surface area contributed by atoms with Crippen LogP contribution in [-0.2, 0) is 16.1 Å². The zero-order valence-corrected chi connectivity index (χ0v) is 18.4. The van der Waals surface area contributed by atoms with Crippen LogP contribution in [-0.4, -0.2) is 77.0 Å². The molecule has 3 heterocycles. The first-order valence-electron chi connectivity index (χ1n) is 9.98. The second-order valence-corrected chi connectivity index (χ2v) is 8.21. The summed E-state index contributed by atoms with van der Waals surface area (Å²) in [6.45, 7) is 5.62. The fourth-order valence-corrected chi connectivity index (χ4v) is 4.36. The molecule has 3 aliphatic heterocycles. The highest BCUT2D eigenvalue weighted by atomic mass is 35.5. The molecule has 1 aromatic carbocycles. The van der Waals surface area contributed by atoms with Crippen LogP contribution >= 0.6 is 11.6 Å². The normalized spacial score (nSPS) is 23.4. The number of likely N-dealkylation sites (N-methyl/N-ethyl adjacent to an activating group) is 1. The number of halogens is 1. The molecule has 30 heavy (non-hydrogen) atoms. The second-order valence-electron chi connectivity index (χ2n) is 7.77. The molecule has 0 N–H and O–H groups in total. The molecule has 0 spiro atoms.